The van der Waals surface area contributed by atoms with Crippen LogP contribution in [0, 0.1) is 24.7 Å². The van der Waals surface area contributed by atoms with Crippen LogP contribution >= 0.6 is 0 Å². The lowest BCUT2D eigenvalue weighted by molar-refractivity contribution is -0.149. The quantitative estimate of drug-likeness (QED) is 0.547. The molecule has 8 nitrogen and oxygen atoms in total. The summed E-state index contributed by atoms with van der Waals surface area (Å²) in [6.07, 6.45) is 6.32. The van der Waals surface area contributed by atoms with Crippen molar-refractivity contribution in [2.24, 2.45) is 17.8 Å². The topological polar surface area (TPSA) is 111 Å². The van der Waals surface area contributed by atoms with Gasteiger partial charge in [-0.05, 0) is 63.1 Å². The van der Waals surface area contributed by atoms with Crippen LogP contribution in [0.15, 0.2) is 28.7 Å². The number of rotatable bonds is 8. The zero-order valence-electron chi connectivity index (χ0n) is 20.8. The molecule has 2 fully saturated rings. The highest BCUT2D eigenvalue weighted by Gasteiger charge is 2.38. The van der Waals surface area contributed by atoms with Crippen molar-refractivity contribution in [1.82, 2.24) is 10.3 Å². The number of carboxylic acids is 1. The highest BCUT2D eigenvalue weighted by atomic mass is 16.5. The minimum atomic E-state index is -0.862. The molecule has 1 aromatic heterocycles. The number of nitrogens with one attached hydrogen (secondary N) is 1. The maximum Gasteiger partial charge on any atom is 0.307 e. The van der Waals surface area contributed by atoms with Gasteiger partial charge in [0, 0.05) is 18.7 Å². The molecule has 0 spiro atoms. The number of amides is 1. The molecule has 1 heterocycles. The van der Waals surface area contributed by atoms with Gasteiger partial charge in [-0.1, -0.05) is 25.3 Å². The summed E-state index contributed by atoms with van der Waals surface area (Å²) in [6.45, 7) is 1.90. The molecule has 2 N–H and O–H groups in total. The molecule has 2 aromatic rings. The number of hydrogen-bond donors (Lipinski definition) is 2. The molecule has 1 aromatic carbocycles. The Labute approximate surface area is 206 Å². The predicted octanol–water partition coefficient (Wildman–Crippen LogP) is 4.91. The van der Waals surface area contributed by atoms with Gasteiger partial charge in [0.05, 0.1) is 18.9 Å². The largest absolute Gasteiger partial charge is 0.497 e. The van der Waals surface area contributed by atoms with Crippen LogP contribution in [0.3, 0.4) is 0 Å². The molecule has 4 rings (SSSR count). The number of aryl methyl sites for hydroxylation is 1. The van der Waals surface area contributed by atoms with E-state index in [0.29, 0.717) is 24.5 Å². The van der Waals surface area contributed by atoms with Crippen molar-refractivity contribution in [3.63, 3.8) is 0 Å². The van der Waals surface area contributed by atoms with Crippen molar-refractivity contribution in [2.45, 2.75) is 70.4 Å². The van der Waals surface area contributed by atoms with Gasteiger partial charge in [0.15, 0.2) is 0 Å². The van der Waals surface area contributed by atoms with E-state index in [2.05, 4.69) is 5.32 Å². The van der Waals surface area contributed by atoms with Crippen LogP contribution in [0.1, 0.15) is 68.9 Å². The van der Waals surface area contributed by atoms with Crippen molar-refractivity contribution in [1.29, 1.82) is 0 Å². The Hall–Kier alpha value is -2.87. The maximum absolute atomic E-state index is 13.0. The number of ether oxygens (including phenoxy) is 2. The van der Waals surface area contributed by atoms with E-state index in [1.807, 2.05) is 31.2 Å². The molecule has 5 atom stereocenters. The van der Waals surface area contributed by atoms with Crippen LogP contribution in [0.5, 0.6) is 5.75 Å². The van der Waals surface area contributed by atoms with Gasteiger partial charge in [-0.25, -0.2) is 4.98 Å². The molecule has 1 amide bonds. The van der Waals surface area contributed by atoms with Gasteiger partial charge in [-0.2, -0.15) is 0 Å². The number of methoxy groups -OCH3 is 2. The van der Waals surface area contributed by atoms with Gasteiger partial charge in [-0.3, -0.25) is 9.59 Å². The van der Waals surface area contributed by atoms with Crippen molar-refractivity contribution in [3.8, 4) is 17.2 Å². The van der Waals surface area contributed by atoms with Crippen LogP contribution in [0.2, 0.25) is 0 Å². The minimum absolute atomic E-state index is 0.000309. The van der Waals surface area contributed by atoms with Crippen LogP contribution in [0.25, 0.3) is 11.5 Å². The molecule has 8 heteroatoms. The molecular weight excluding hydrogens is 448 g/mol. The zero-order chi connectivity index (χ0) is 24.9. The summed E-state index contributed by atoms with van der Waals surface area (Å²) < 4.78 is 17.3. The summed E-state index contributed by atoms with van der Waals surface area (Å²) >= 11 is 0. The third kappa shape index (κ3) is 5.69. The molecule has 0 radical (unpaired) electrons. The molecule has 2 aliphatic rings. The maximum atomic E-state index is 13.0. The Balaban J connectivity index is 1.46. The highest BCUT2D eigenvalue weighted by Crippen LogP contribution is 2.39. The van der Waals surface area contributed by atoms with Crippen LogP contribution in [-0.2, 0) is 14.3 Å². The summed E-state index contributed by atoms with van der Waals surface area (Å²) in [4.78, 5) is 29.5. The molecule has 0 aliphatic heterocycles. The van der Waals surface area contributed by atoms with Gasteiger partial charge in [0.25, 0.3) is 0 Å². The second-order valence-electron chi connectivity index (χ2n) is 9.82. The first-order valence-electron chi connectivity index (χ1n) is 12.6. The van der Waals surface area contributed by atoms with Crippen LogP contribution in [0.4, 0.5) is 0 Å². The Bertz CT molecular complexity index is 1030. The Morgan fingerprint density at radius 2 is 1.89 bits per heavy atom. The van der Waals surface area contributed by atoms with Crippen molar-refractivity contribution < 1.29 is 28.6 Å². The summed E-state index contributed by atoms with van der Waals surface area (Å²) in [7, 11) is 3.31. The summed E-state index contributed by atoms with van der Waals surface area (Å²) in [6, 6.07) is 7.59. The van der Waals surface area contributed by atoms with E-state index in [-0.39, 0.29) is 24.0 Å². The van der Waals surface area contributed by atoms with Gasteiger partial charge in [0.1, 0.15) is 23.3 Å². The number of carbonyl (C=O) groups excluding carboxylic acids is 1. The van der Waals surface area contributed by atoms with E-state index >= 15 is 0 Å². The Morgan fingerprint density at radius 1 is 1.11 bits per heavy atom. The minimum Gasteiger partial charge on any atom is -0.497 e. The van der Waals surface area contributed by atoms with E-state index in [1.165, 1.54) is 0 Å². The number of aliphatic carboxylic acids is 1. The van der Waals surface area contributed by atoms with Gasteiger partial charge in [-0.15, -0.1) is 0 Å². The monoisotopic (exact) mass is 484 g/mol. The van der Waals surface area contributed by atoms with Crippen molar-refractivity contribution >= 4 is 11.9 Å². The van der Waals surface area contributed by atoms with Crippen LogP contribution < -0.4 is 10.1 Å². The first-order chi connectivity index (χ1) is 16.9. The number of carbonyl (C=O) groups is 2. The van der Waals surface area contributed by atoms with E-state index in [4.69, 9.17) is 18.9 Å². The second-order valence-corrected chi connectivity index (χ2v) is 9.82. The lowest BCUT2D eigenvalue weighted by Gasteiger charge is -2.35. The highest BCUT2D eigenvalue weighted by molar-refractivity contribution is 5.85. The fraction of sp³-hybridized carbons (Fsp3) is 0.593. The average Bonchev–Trinajstić information content (AvgIpc) is 3.26. The number of nitrogens with zero attached hydrogens (tertiary/aromatic N) is 1. The molecule has 2 aliphatic carbocycles. The molecule has 0 saturated heterocycles. The first-order valence-corrected chi connectivity index (χ1v) is 12.6. The number of benzene rings is 1. The molecule has 190 valence electrons. The first kappa shape index (κ1) is 25.2. The van der Waals surface area contributed by atoms with Gasteiger partial charge in [0.2, 0.25) is 11.8 Å². The number of carboxylic acid groups (broad SMARTS) is 1. The molecule has 2 saturated carbocycles. The standard InChI is InChI=1S/C27H36N2O6/c1-16-23(29-26(35-16)18-9-7-11-20(15-18)33-2)24(34-3)17-8-6-10-19(14-17)28-25(30)21-12-4-5-13-22(21)27(31)32/h7,9,11,15,17,19,21-22,24H,4-6,8,10,12-14H2,1-3H3,(H,28,30)(H,31,32). The second kappa shape index (κ2) is 11.2. The van der Waals surface area contributed by atoms with Crippen molar-refractivity contribution in [2.75, 3.05) is 14.2 Å². The average molecular weight is 485 g/mol. The molecular formula is C27H36N2O6. The fourth-order valence-electron chi connectivity index (χ4n) is 5.76. The zero-order valence-corrected chi connectivity index (χ0v) is 20.8. The third-order valence-corrected chi connectivity index (χ3v) is 7.58. The van der Waals surface area contributed by atoms with Gasteiger partial charge < -0.3 is 24.3 Å². The number of aromatic nitrogens is 1. The lowest BCUT2D eigenvalue weighted by atomic mass is 9.77. The van der Waals surface area contributed by atoms with E-state index < -0.39 is 17.8 Å². The number of hydrogen-bond acceptors (Lipinski definition) is 6. The third-order valence-electron chi connectivity index (χ3n) is 7.58. The predicted molar refractivity (Wildman–Crippen MR) is 130 cm³/mol. The fourth-order valence-corrected chi connectivity index (χ4v) is 5.76. The lowest BCUT2D eigenvalue weighted by Crippen LogP contribution is -2.46. The summed E-state index contributed by atoms with van der Waals surface area (Å²) in [5.74, 6) is 0.141. The summed E-state index contributed by atoms with van der Waals surface area (Å²) in [5.41, 5.74) is 1.61. The van der Waals surface area contributed by atoms with E-state index in [1.54, 1.807) is 14.2 Å². The summed E-state index contributed by atoms with van der Waals surface area (Å²) in [5, 5.41) is 12.7. The van der Waals surface area contributed by atoms with Crippen LogP contribution in [-0.4, -0.2) is 42.2 Å². The van der Waals surface area contributed by atoms with Gasteiger partial charge >= 0.3 is 5.97 Å². The van der Waals surface area contributed by atoms with Crippen molar-refractivity contribution in [3.05, 3.63) is 35.7 Å². The molecule has 5 unspecified atom stereocenters. The SMILES string of the molecule is COc1cccc(-c2nc(C(OC)C3CCCC(NC(=O)C4CCCCC4C(=O)O)C3)c(C)o2)c1. The Morgan fingerprint density at radius 3 is 2.60 bits per heavy atom. The normalized spacial score (nSPS) is 25.6. The van der Waals surface area contributed by atoms with E-state index in [9.17, 15) is 14.7 Å². The molecule has 0 bridgehead atoms. The number of oxazole rings is 1. The van der Waals surface area contributed by atoms with E-state index in [0.717, 1.165) is 55.5 Å². The molecule has 35 heavy (non-hydrogen) atoms. The Kier molecular flexibility index (Phi) is 8.11. The smallest absolute Gasteiger partial charge is 0.307 e.